The Kier molecular flexibility index (Phi) is 3.73. The molecule has 108 valence electrons. The molecule has 1 atom stereocenters. The standard InChI is InChI=1S/C11H12FN3O4S/c12-7-5-6(20(13,18)19)1-2-8(7)15-11(17)9-3-4-10(16)14-9/h1-2,5,9H,3-4H2,(H,14,16)(H,15,17)(H2,13,18,19)/t9-/m0/s1. The van der Waals surface area contributed by atoms with Gasteiger partial charge in [0, 0.05) is 6.42 Å². The average molecular weight is 301 g/mol. The fourth-order valence-electron chi connectivity index (χ4n) is 1.80. The van der Waals surface area contributed by atoms with E-state index in [1.165, 1.54) is 0 Å². The van der Waals surface area contributed by atoms with E-state index >= 15 is 0 Å². The Labute approximate surface area is 114 Å². The monoisotopic (exact) mass is 301 g/mol. The summed E-state index contributed by atoms with van der Waals surface area (Å²) in [6.45, 7) is 0. The molecule has 2 rings (SSSR count). The van der Waals surface area contributed by atoms with E-state index in [2.05, 4.69) is 10.6 Å². The SMILES string of the molecule is NS(=O)(=O)c1ccc(NC(=O)[C@@H]2CCC(=O)N2)c(F)c1. The molecule has 1 aromatic rings. The first kappa shape index (κ1) is 14.4. The third kappa shape index (κ3) is 3.11. The van der Waals surface area contributed by atoms with Gasteiger partial charge in [-0.25, -0.2) is 17.9 Å². The summed E-state index contributed by atoms with van der Waals surface area (Å²) in [7, 11) is -4.00. The van der Waals surface area contributed by atoms with E-state index in [9.17, 15) is 22.4 Å². The van der Waals surface area contributed by atoms with Gasteiger partial charge in [0.2, 0.25) is 21.8 Å². The third-order valence-corrected chi connectivity index (χ3v) is 3.75. The zero-order chi connectivity index (χ0) is 14.9. The number of benzene rings is 1. The van der Waals surface area contributed by atoms with Crippen molar-refractivity contribution in [1.29, 1.82) is 0 Å². The van der Waals surface area contributed by atoms with Crippen molar-refractivity contribution in [2.24, 2.45) is 5.14 Å². The molecule has 1 aliphatic heterocycles. The molecule has 0 aromatic heterocycles. The molecule has 2 amide bonds. The highest BCUT2D eigenvalue weighted by molar-refractivity contribution is 7.89. The van der Waals surface area contributed by atoms with Gasteiger partial charge in [-0.1, -0.05) is 0 Å². The molecule has 1 fully saturated rings. The lowest BCUT2D eigenvalue weighted by atomic mass is 10.2. The smallest absolute Gasteiger partial charge is 0.247 e. The van der Waals surface area contributed by atoms with Crippen LogP contribution >= 0.6 is 0 Å². The van der Waals surface area contributed by atoms with E-state index in [-0.39, 0.29) is 22.9 Å². The largest absolute Gasteiger partial charge is 0.344 e. The molecule has 20 heavy (non-hydrogen) atoms. The van der Waals surface area contributed by atoms with Gasteiger partial charge in [0.15, 0.2) is 0 Å². The van der Waals surface area contributed by atoms with Crippen molar-refractivity contribution in [1.82, 2.24) is 5.32 Å². The molecule has 9 heteroatoms. The van der Waals surface area contributed by atoms with Crippen LogP contribution in [0.15, 0.2) is 23.1 Å². The molecule has 0 radical (unpaired) electrons. The molecule has 7 nitrogen and oxygen atoms in total. The highest BCUT2D eigenvalue weighted by Gasteiger charge is 2.27. The normalized spacial score (nSPS) is 18.7. The summed E-state index contributed by atoms with van der Waals surface area (Å²) in [4.78, 5) is 22.4. The number of primary sulfonamides is 1. The zero-order valence-corrected chi connectivity index (χ0v) is 11.0. The molecular weight excluding hydrogens is 289 g/mol. The minimum atomic E-state index is -4.00. The highest BCUT2D eigenvalue weighted by Crippen LogP contribution is 2.19. The van der Waals surface area contributed by atoms with E-state index in [1.54, 1.807) is 0 Å². The van der Waals surface area contributed by atoms with Gasteiger partial charge in [-0.15, -0.1) is 0 Å². The lowest BCUT2D eigenvalue weighted by Crippen LogP contribution is -2.37. The Hall–Kier alpha value is -2.00. The number of sulfonamides is 1. The van der Waals surface area contributed by atoms with Crippen LogP contribution in [0, 0.1) is 5.82 Å². The summed E-state index contributed by atoms with van der Waals surface area (Å²) < 4.78 is 35.8. The quantitative estimate of drug-likeness (QED) is 0.709. The van der Waals surface area contributed by atoms with Crippen LogP contribution in [-0.4, -0.2) is 26.3 Å². The summed E-state index contributed by atoms with van der Waals surface area (Å²) in [5.41, 5.74) is -0.177. The lowest BCUT2D eigenvalue weighted by molar-refractivity contribution is -0.122. The Morgan fingerprint density at radius 3 is 2.65 bits per heavy atom. The molecule has 0 bridgehead atoms. The first-order valence-corrected chi connectivity index (χ1v) is 7.24. The minimum Gasteiger partial charge on any atom is -0.344 e. The topological polar surface area (TPSA) is 118 Å². The number of carbonyl (C=O) groups is 2. The van der Waals surface area contributed by atoms with Gasteiger partial charge in [0.25, 0.3) is 0 Å². The van der Waals surface area contributed by atoms with E-state index in [0.29, 0.717) is 6.42 Å². The number of hydrogen-bond donors (Lipinski definition) is 3. The summed E-state index contributed by atoms with van der Waals surface area (Å²) in [6.07, 6.45) is 0.576. The summed E-state index contributed by atoms with van der Waals surface area (Å²) in [5, 5.41) is 9.59. The van der Waals surface area contributed by atoms with Gasteiger partial charge in [-0.2, -0.15) is 0 Å². The predicted molar refractivity (Wildman–Crippen MR) is 67.6 cm³/mol. The van der Waals surface area contributed by atoms with Gasteiger partial charge < -0.3 is 10.6 Å². The van der Waals surface area contributed by atoms with Crippen molar-refractivity contribution in [2.45, 2.75) is 23.8 Å². The van der Waals surface area contributed by atoms with E-state index in [4.69, 9.17) is 5.14 Å². The van der Waals surface area contributed by atoms with Gasteiger partial charge in [0.1, 0.15) is 11.9 Å². The van der Waals surface area contributed by atoms with Gasteiger partial charge >= 0.3 is 0 Å². The van der Waals surface area contributed by atoms with E-state index < -0.39 is 27.8 Å². The molecule has 0 saturated carbocycles. The molecule has 0 aliphatic carbocycles. The maximum atomic E-state index is 13.7. The van der Waals surface area contributed by atoms with Gasteiger partial charge in [0.05, 0.1) is 10.6 Å². The number of anilines is 1. The molecular formula is C11H12FN3O4S. The second kappa shape index (κ2) is 5.17. The van der Waals surface area contributed by atoms with Crippen LogP contribution in [0.4, 0.5) is 10.1 Å². The number of amides is 2. The van der Waals surface area contributed by atoms with Crippen LogP contribution in [0.1, 0.15) is 12.8 Å². The second-order valence-corrected chi connectivity index (χ2v) is 5.90. The lowest BCUT2D eigenvalue weighted by Gasteiger charge is -2.12. The number of hydrogen-bond acceptors (Lipinski definition) is 4. The van der Waals surface area contributed by atoms with Crippen LogP contribution in [0.2, 0.25) is 0 Å². The Balaban J connectivity index is 2.14. The van der Waals surface area contributed by atoms with E-state index in [0.717, 1.165) is 18.2 Å². The van der Waals surface area contributed by atoms with Crippen LogP contribution in [0.25, 0.3) is 0 Å². The maximum absolute atomic E-state index is 13.7. The van der Waals surface area contributed by atoms with Crippen molar-refractivity contribution in [3.63, 3.8) is 0 Å². The zero-order valence-electron chi connectivity index (χ0n) is 10.2. The predicted octanol–water partition coefficient (Wildman–Crippen LogP) is -0.310. The first-order valence-electron chi connectivity index (χ1n) is 5.70. The van der Waals surface area contributed by atoms with Crippen molar-refractivity contribution < 1.29 is 22.4 Å². The van der Waals surface area contributed by atoms with Crippen LogP contribution in [-0.2, 0) is 19.6 Å². The number of nitrogens with two attached hydrogens (primary N) is 1. The molecule has 0 unspecified atom stereocenters. The van der Waals surface area contributed by atoms with E-state index in [1.807, 2.05) is 0 Å². The van der Waals surface area contributed by atoms with Crippen molar-refractivity contribution in [3.8, 4) is 0 Å². The van der Waals surface area contributed by atoms with Crippen LogP contribution in [0.5, 0.6) is 0 Å². The maximum Gasteiger partial charge on any atom is 0.247 e. The number of halogens is 1. The third-order valence-electron chi connectivity index (χ3n) is 2.84. The Morgan fingerprint density at radius 2 is 2.15 bits per heavy atom. The highest BCUT2D eigenvalue weighted by atomic mass is 32.2. The van der Waals surface area contributed by atoms with Crippen LogP contribution < -0.4 is 15.8 Å². The van der Waals surface area contributed by atoms with Crippen LogP contribution in [0.3, 0.4) is 0 Å². The molecule has 1 heterocycles. The summed E-state index contributed by atoms with van der Waals surface area (Å²) >= 11 is 0. The average Bonchev–Trinajstić information content (AvgIpc) is 2.77. The molecule has 1 aliphatic rings. The molecule has 0 spiro atoms. The fourth-order valence-corrected chi connectivity index (χ4v) is 2.33. The summed E-state index contributed by atoms with van der Waals surface area (Å²) in [5.74, 6) is -1.72. The number of rotatable bonds is 3. The molecule has 4 N–H and O–H groups in total. The van der Waals surface area contributed by atoms with Crippen molar-refractivity contribution >= 4 is 27.5 Å². The van der Waals surface area contributed by atoms with Gasteiger partial charge in [-0.05, 0) is 24.6 Å². The Bertz CT molecular complexity index is 674. The second-order valence-electron chi connectivity index (χ2n) is 4.33. The molecule has 1 saturated heterocycles. The fraction of sp³-hybridized carbons (Fsp3) is 0.273. The number of carbonyl (C=O) groups excluding carboxylic acids is 2. The van der Waals surface area contributed by atoms with Crippen molar-refractivity contribution in [2.75, 3.05) is 5.32 Å². The Morgan fingerprint density at radius 1 is 1.45 bits per heavy atom. The minimum absolute atomic E-state index is 0.177. The first-order chi connectivity index (χ1) is 9.27. The number of nitrogens with one attached hydrogen (secondary N) is 2. The van der Waals surface area contributed by atoms with Crippen molar-refractivity contribution in [3.05, 3.63) is 24.0 Å². The molecule has 1 aromatic carbocycles. The summed E-state index contributed by atoms with van der Waals surface area (Å²) in [6, 6.07) is 2.20. The van der Waals surface area contributed by atoms with Gasteiger partial charge in [-0.3, -0.25) is 9.59 Å².